The maximum Gasteiger partial charge on any atom is 0.330 e. The van der Waals surface area contributed by atoms with Gasteiger partial charge in [-0.2, -0.15) is 0 Å². The third-order valence-electron chi connectivity index (χ3n) is 2.52. The Hall–Kier alpha value is -3.86. The molecule has 0 radical (unpaired) electrons. The number of benzene rings is 2. The Labute approximate surface area is 173 Å². The molecular formula is C24H30O5. The average molecular weight is 398 g/mol. The molecule has 0 unspecified atom stereocenters. The first-order valence-electron chi connectivity index (χ1n) is 8.30. The van der Waals surface area contributed by atoms with Crippen LogP contribution in [0.4, 0.5) is 0 Å². The van der Waals surface area contributed by atoms with Crippen molar-refractivity contribution in [1.29, 1.82) is 0 Å². The summed E-state index contributed by atoms with van der Waals surface area (Å²) in [6, 6.07) is 18.7. The molecule has 2 aromatic carbocycles. The minimum Gasteiger partial charge on any atom is -0.508 e. The minimum atomic E-state index is -0.935. The highest BCUT2D eigenvalue weighted by Gasteiger charge is 1.90. The topological polar surface area (TPSA) is 94.8 Å². The average Bonchev–Trinajstić information content (AvgIpc) is 2.72. The number of phenolic OH excluding ortho intramolecular Hbond substituents is 1. The lowest BCUT2D eigenvalue weighted by molar-refractivity contribution is -0.133. The van der Waals surface area contributed by atoms with Crippen molar-refractivity contribution in [3.8, 4) is 5.75 Å². The third-order valence-corrected chi connectivity index (χ3v) is 2.52. The van der Waals surface area contributed by atoms with Gasteiger partial charge in [-0.25, -0.2) is 9.59 Å². The summed E-state index contributed by atoms with van der Waals surface area (Å²) in [6.45, 7) is 18.8. The Morgan fingerprint density at radius 2 is 1.03 bits per heavy atom. The number of carboxylic acids is 2. The molecule has 0 bridgehead atoms. The van der Waals surface area contributed by atoms with Crippen LogP contribution in [0.25, 0.3) is 6.08 Å². The van der Waals surface area contributed by atoms with Crippen molar-refractivity contribution in [3.63, 3.8) is 0 Å². The van der Waals surface area contributed by atoms with Crippen molar-refractivity contribution in [2.75, 3.05) is 0 Å². The van der Waals surface area contributed by atoms with E-state index < -0.39 is 11.9 Å². The highest BCUT2D eigenvalue weighted by Crippen LogP contribution is 2.02. The summed E-state index contributed by atoms with van der Waals surface area (Å²) in [7, 11) is 0. The smallest absolute Gasteiger partial charge is 0.330 e. The Kier molecular flexibility index (Phi) is 21.1. The second kappa shape index (κ2) is 20.5. The van der Waals surface area contributed by atoms with Crippen LogP contribution in [-0.2, 0) is 9.59 Å². The number of rotatable bonds is 3. The summed E-state index contributed by atoms with van der Waals surface area (Å²) in [5.74, 6) is -1.55. The molecule has 0 heterocycles. The Morgan fingerprint density at radius 3 is 1.17 bits per heavy atom. The molecule has 29 heavy (non-hydrogen) atoms. The van der Waals surface area contributed by atoms with Gasteiger partial charge in [0.2, 0.25) is 0 Å². The fourth-order valence-electron chi connectivity index (χ4n) is 1.02. The van der Waals surface area contributed by atoms with Crippen LogP contribution in [0.2, 0.25) is 0 Å². The zero-order valence-electron chi connectivity index (χ0n) is 17.0. The molecule has 0 amide bonds. The van der Waals surface area contributed by atoms with E-state index in [2.05, 4.69) is 32.9 Å². The molecule has 156 valence electrons. The van der Waals surface area contributed by atoms with Gasteiger partial charge in [-0.3, -0.25) is 0 Å². The number of hydrogen-bond donors (Lipinski definition) is 3. The van der Waals surface area contributed by atoms with Crippen molar-refractivity contribution in [2.24, 2.45) is 0 Å². The summed E-state index contributed by atoms with van der Waals surface area (Å²) in [5.41, 5.74) is 1.53. The number of phenols is 1. The SMILES string of the molecule is C=C.C=C(C)C(=O)O.C=C(C)C(=O)O.C=Cc1ccccc1.Oc1ccccc1. The van der Waals surface area contributed by atoms with E-state index in [0.29, 0.717) is 5.75 Å². The van der Waals surface area contributed by atoms with E-state index in [1.54, 1.807) is 24.3 Å². The molecule has 0 atom stereocenters. The number of para-hydroxylation sites is 1. The molecule has 0 aromatic heterocycles. The van der Waals surface area contributed by atoms with Crippen molar-refractivity contribution >= 4 is 18.0 Å². The number of aliphatic carboxylic acids is 2. The zero-order chi connectivity index (χ0) is 23.2. The van der Waals surface area contributed by atoms with E-state index in [1.165, 1.54) is 19.4 Å². The summed E-state index contributed by atoms with van der Waals surface area (Å²) in [5, 5.41) is 24.4. The van der Waals surface area contributed by atoms with Crippen molar-refractivity contribution in [1.82, 2.24) is 0 Å². The first-order valence-corrected chi connectivity index (χ1v) is 8.30. The van der Waals surface area contributed by atoms with E-state index in [4.69, 9.17) is 15.3 Å². The van der Waals surface area contributed by atoms with Gasteiger partial charge in [0, 0.05) is 11.1 Å². The molecule has 2 aromatic rings. The third kappa shape index (κ3) is 24.1. The van der Waals surface area contributed by atoms with Gasteiger partial charge in [0.15, 0.2) is 0 Å². The van der Waals surface area contributed by atoms with Crippen molar-refractivity contribution < 1.29 is 24.9 Å². The van der Waals surface area contributed by atoms with Crippen LogP contribution >= 0.6 is 0 Å². The Morgan fingerprint density at radius 1 is 0.759 bits per heavy atom. The molecule has 5 heteroatoms. The molecule has 2 rings (SSSR count). The monoisotopic (exact) mass is 398 g/mol. The number of carbonyl (C=O) groups is 2. The van der Waals surface area contributed by atoms with Gasteiger partial charge in [-0.05, 0) is 31.5 Å². The minimum absolute atomic E-state index is 0.176. The maximum absolute atomic E-state index is 9.60. The van der Waals surface area contributed by atoms with Crippen LogP contribution in [-0.4, -0.2) is 27.3 Å². The van der Waals surface area contributed by atoms with Crippen molar-refractivity contribution in [2.45, 2.75) is 13.8 Å². The lowest BCUT2D eigenvalue weighted by Crippen LogP contribution is -1.92. The van der Waals surface area contributed by atoms with E-state index in [1.807, 2.05) is 42.5 Å². The van der Waals surface area contributed by atoms with Gasteiger partial charge >= 0.3 is 11.9 Å². The Balaban J connectivity index is -0.000000304. The molecule has 0 saturated carbocycles. The van der Waals surface area contributed by atoms with Gasteiger partial charge in [0.05, 0.1) is 0 Å². The quantitative estimate of drug-likeness (QED) is 0.447. The fourth-order valence-corrected chi connectivity index (χ4v) is 1.02. The molecular weight excluding hydrogens is 368 g/mol. The molecule has 5 nitrogen and oxygen atoms in total. The normalized spacial score (nSPS) is 7.66. The van der Waals surface area contributed by atoms with Gasteiger partial charge in [-0.15, -0.1) is 13.2 Å². The van der Waals surface area contributed by atoms with Crippen molar-refractivity contribution in [3.05, 3.63) is 110 Å². The van der Waals surface area contributed by atoms with Gasteiger partial charge in [0.25, 0.3) is 0 Å². The largest absolute Gasteiger partial charge is 0.508 e. The van der Waals surface area contributed by atoms with Crippen LogP contribution in [0.5, 0.6) is 5.75 Å². The Bertz CT molecular complexity index is 686. The predicted octanol–water partition coefficient (Wildman–Crippen LogP) is 5.82. The highest BCUT2D eigenvalue weighted by molar-refractivity contribution is 5.85. The standard InChI is InChI=1S/C8H8.C6H6O.2C4H6O2.C2H4/c1-2-8-6-4-3-5-7-8;7-6-4-2-1-3-5-6;2*1-3(2)4(5)6;1-2/h2-7H,1H2;1-5,7H;2*1H2,2H3,(H,5,6);1-2H2. The van der Waals surface area contributed by atoms with E-state index in [9.17, 15) is 9.59 Å². The van der Waals surface area contributed by atoms with Crippen LogP contribution in [0.1, 0.15) is 19.4 Å². The fraction of sp³-hybridized carbons (Fsp3) is 0.0833. The van der Waals surface area contributed by atoms with E-state index >= 15 is 0 Å². The molecule has 0 aliphatic heterocycles. The van der Waals surface area contributed by atoms with E-state index in [0.717, 1.165) is 0 Å². The van der Waals surface area contributed by atoms with Gasteiger partial charge in [-0.1, -0.05) is 74.3 Å². The first kappa shape index (κ1) is 29.9. The van der Waals surface area contributed by atoms with Gasteiger partial charge < -0.3 is 15.3 Å². The molecule has 0 saturated heterocycles. The van der Waals surface area contributed by atoms with Crippen LogP contribution in [0.3, 0.4) is 0 Å². The maximum atomic E-state index is 9.60. The van der Waals surface area contributed by atoms with Crippen LogP contribution < -0.4 is 0 Å². The molecule has 0 aliphatic carbocycles. The van der Waals surface area contributed by atoms with Crippen LogP contribution in [0.15, 0.2) is 105 Å². The molecule has 0 fully saturated rings. The summed E-state index contributed by atoms with van der Waals surface area (Å²) >= 11 is 0. The highest BCUT2D eigenvalue weighted by atomic mass is 16.4. The lowest BCUT2D eigenvalue weighted by atomic mass is 10.2. The second-order valence-corrected chi connectivity index (χ2v) is 5.12. The van der Waals surface area contributed by atoms with Gasteiger partial charge in [0.1, 0.15) is 5.75 Å². The van der Waals surface area contributed by atoms with E-state index in [-0.39, 0.29) is 11.1 Å². The molecule has 0 spiro atoms. The van der Waals surface area contributed by atoms with Crippen LogP contribution in [0, 0.1) is 0 Å². The second-order valence-electron chi connectivity index (χ2n) is 5.12. The summed E-state index contributed by atoms with van der Waals surface area (Å²) < 4.78 is 0. The lowest BCUT2D eigenvalue weighted by Gasteiger charge is -1.85. The summed E-state index contributed by atoms with van der Waals surface area (Å²) in [4.78, 5) is 19.2. The number of aromatic hydroxyl groups is 1. The first-order chi connectivity index (χ1) is 13.6. The molecule has 3 N–H and O–H groups in total. The summed E-state index contributed by atoms with van der Waals surface area (Å²) in [6.07, 6.45) is 1.83. The number of hydrogen-bond acceptors (Lipinski definition) is 3. The number of carboxylic acid groups (broad SMARTS) is 2. The molecule has 0 aliphatic rings. The zero-order valence-corrected chi connectivity index (χ0v) is 17.0. The predicted molar refractivity (Wildman–Crippen MR) is 121 cm³/mol.